The summed E-state index contributed by atoms with van der Waals surface area (Å²) in [6.07, 6.45) is 1.01. The van der Waals surface area contributed by atoms with Gasteiger partial charge in [-0.05, 0) is 44.0 Å². The highest BCUT2D eigenvalue weighted by atomic mass is 32.1. The topological polar surface area (TPSA) is 94.6 Å². The molecule has 8 heteroatoms. The van der Waals surface area contributed by atoms with Crippen LogP contribution in [0.15, 0.2) is 53.9 Å². The second kappa shape index (κ2) is 9.93. The molecule has 1 fully saturated rings. The van der Waals surface area contributed by atoms with Crippen molar-refractivity contribution < 1.29 is 14.7 Å². The Morgan fingerprint density at radius 1 is 1.22 bits per heavy atom. The van der Waals surface area contributed by atoms with E-state index in [0.29, 0.717) is 36.4 Å². The molecule has 3 aromatic rings. The first-order chi connectivity index (χ1) is 15.5. The Bertz CT molecular complexity index is 1110. The Hall–Kier alpha value is -3.23. The van der Waals surface area contributed by atoms with Gasteiger partial charge in [-0.2, -0.15) is 0 Å². The van der Waals surface area contributed by atoms with E-state index in [9.17, 15) is 14.7 Å². The fourth-order valence-corrected chi connectivity index (χ4v) is 4.39. The molecule has 1 unspecified atom stereocenters. The number of benzene rings is 2. The number of hydrogen-bond acceptors (Lipinski definition) is 6. The van der Waals surface area contributed by atoms with Crippen molar-refractivity contribution in [1.29, 1.82) is 0 Å². The van der Waals surface area contributed by atoms with E-state index in [1.807, 2.05) is 42.6 Å². The van der Waals surface area contributed by atoms with Crippen molar-refractivity contribution in [2.24, 2.45) is 0 Å². The third-order valence-electron chi connectivity index (χ3n) is 5.34. The molecular weight excluding hydrogens is 424 g/mol. The van der Waals surface area contributed by atoms with E-state index in [4.69, 9.17) is 0 Å². The lowest BCUT2D eigenvalue weighted by molar-refractivity contribution is -0.114. The van der Waals surface area contributed by atoms with E-state index in [0.717, 1.165) is 22.7 Å². The van der Waals surface area contributed by atoms with Gasteiger partial charge in [-0.15, -0.1) is 11.3 Å². The molecule has 166 valence electrons. The van der Waals surface area contributed by atoms with Crippen LogP contribution in [0.1, 0.15) is 28.2 Å². The number of β-amino-alcohol motifs (C(OH)–C–C–N with tert-alkyl or cyclic N) is 1. The summed E-state index contributed by atoms with van der Waals surface area (Å²) in [5.41, 5.74) is 3.61. The van der Waals surface area contributed by atoms with Gasteiger partial charge in [0, 0.05) is 35.4 Å². The van der Waals surface area contributed by atoms with Gasteiger partial charge in [0.25, 0.3) is 5.91 Å². The third-order valence-corrected chi connectivity index (χ3v) is 6.12. The van der Waals surface area contributed by atoms with Crippen LogP contribution in [0.4, 0.5) is 11.4 Å². The highest BCUT2D eigenvalue weighted by molar-refractivity contribution is 7.09. The molecule has 2 aromatic carbocycles. The van der Waals surface area contributed by atoms with Gasteiger partial charge in [-0.25, -0.2) is 4.98 Å². The number of nitrogens with zero attached hydrogens (tertiary/aromatic N) is 2. The number of likely N-dealkylation sites (tertiary alicyclic amines) is 1. The highest BCUT2D eigenvalue weighted by Gasteiger charge is 2.24. The van der Waals surface area contributed by atoms with Crippen LogP contribution in [0, 0.1) is 6.92 Å². The van der Waals surface area contributed by atoms with E-state index in [1.54, 1.807) is 34.4 Å². The largest absolute Gasteiger partial charge is 0.391 e. The summed E-state index contributed by atoms with van der Waals surface area (Å²) in [6.45, 7) is 2.94. The SMILES string of the molecule is Cc1nc(-c2cccc(NC(=O)CNc3ccccc3C(=O)N3CCCC(O)C3)c2)cs1. The average molecular weight is 451 g/mol. The van der Waals surface area contributed by atoms with Crippen LogP contribution in [0.3, 0.4) is 0 Å². The molecule has 1 atom stereocenters. The number of hydrogen-bond donors (Lipinski definition) is 3. The predicted octanol–water partition coefficient (Wildman–Crippen LogP) is 3.77. The number of aliphatic hydroxyl groups is 1. The standard InChI is InChI=1S/C24H26N4O3S/c1-16-26-22(15-32-16)17-6-4-7-18(12-17)27-23(30)13-25-21-10-3-2-9-20(21)24(31)28-11-5-8-19(29)14-28/h2-4,6-7,9-10,12,15,19,25,29H,5,8,11,13-14H2,1H3,(H,27,30). The third kappa shape index (κ3) is 5.33. The second-order valence-electron chi connectivity index (χ2n) is 7.83. The maximum atomic E-state index is 12.9. The van der Waals surface area contributed by atoms with Gasteiger partial charge < -0.3 is 20.6 Å². The molecule has 0 saturated carbocycles. The maximum absolute atomic E-state index is 12.9. The molecule has 1 saturated heterocycles. The van der Waals surface area contributed by atoms with E-state index < -0.39 is 6.10 Å². The Morgan fingerprint density at radius 3 is 2.84 bits per heavy atom. The maximum Gasteiger partial charge on any atom is 0.256 e. The van der Waals surface area contributed by atoms with Crippen molar-refractivity contribution in [3.8, 4) is 11.3 Å². The minimum absolute atomic E-state index is 0.0208. The number of para-hydroxylation sites is 1. The fraction of sp³-hybridized carbons (Fsp3) is 0.292. The number of anilines is 2. The Balaban J connectivity index is 1.39. The number of piperidine rings is 1. The summed E-state index contributed by atoms with van der Waals surface area (Å²) >= 11 is 1.59. The van der Waals surface area contributed by atoms with Gasteiger partial charge in [0.15, 0.2) is 0 Å². The molecular formula is C24H26N4O3S. The Morgan fingerprint density at radius 2 is 2.06 bits per heavy atom. The number of carbonyl (C=O) groups excluding carboxylic acids is 2. The Kier molecular flexibility index (Phi) is 6.82. The zero-order valence-corrected chi connectivity index (χ0v) is 18.7. The highest BCUT2D eigenvalue weighted by Crippen LogP contribution is 2.24. The summed E-state index contributed by atoms with van der Waals surface area (Å²) < 4.78 is 0. The van der Waals surface area contributed by atoms with Crippen molar-refractivity contribution in [2.75, 3.05) is 30.3 Å². The second-order valence-corrected chi connectivity index (χ2v) is 8.89. The lowest BCUT2D eigenvalue weighted by atomic mass is 10.1. The zero-order chi connectivity index (χ0) is 22.5. The van der Waals surface area contributed by atoms with E-state index in [2.05, 4.69) is 15.6 Å². The number of amides is 2. The van der Waals surface area contributed by atoms with Crippen LogP contribution in [-0.4, -0.2) is 52.5 Å². The van der Waals surface area contributed by atoms with E-state index >= 15 is 0 Å². The van der Waals surface area contributed by atoms with Gasteiger partial charge in [-0.3, -0.25) is 9.59 Å². The van der Waals surface area contributed by atoms with Gasteiger partial charge in [0.05, 0.1) is 28.9 Å². The minimum Gasteiger partial charge on any atom is -0.391 e. The molecule has 1 aliphatic heterocycles. The summed E-state index contributed by atoms with van der Waals surface area (Å²) in [6, 6.07) is 14.7. The average Bonchev–Trinajstić information content (AvgIpc) is 3.24. The van der Waals surface area contributed by atoms with Crippen LogP contribution in [0.25, 0.3) is 11.3 Å². The minimum atomic E-state index is -0.484. The summed E-state index contributed by atoms with van der Waals surface area (Å²) in [7, 11) is 0. The van der Waals surface area contributed by atoms with Crippen LogP contribution in [-0.2, 0) is 4.79 Å². The number of carbonyl (C=O) groups is 2. The quantitative estimate of drug-likeness (QED) is 0.532. The number of rotatable bonds is 6. The van der Waals surface area contributed by atoms with E-state index in [1.165, 1.54) is 0 Å². The zero-order valence-electron chi connectivity index (χ0n) is 17.9. The van der Waals surface area contributed by atoms with Crippen molar-refractivity contribution in [3.63, 3.8) is 0 Å². The Labute approximate surface area is 191 Å². The van der Waals surface area contributed by atoms with Gasteiger partial charge in [0.2, 0.25) is 5.91 Å². The van der Waals surface area contributed by atoms with Crippen LogP contribution in [0.5, 0.6) is 0 Å². The van der Waals surface area contributed by atoms with Crippen LogP contribution < -0.4 is 10.6 Å². The number of aliphatic hydroxyl groups excluding tert-OH is 1. The molecule has 0 bridgehead atoms. The molecule has 1 aliphatic rings. The molecule has 32 heavy (non-hydrogen) atoms. The molecule has 4 rings (SSSR count). The van der Waals surface area contributed by atoms with Crippen LogP contribution >= 0.6 is 11.3 Å². The summed E-state index contributed by atoms with van der Waals surface area (Å²) in [4.78, 5) is 31.6. The molecule has 3 N–H and O–H groups in total. The first kappa shape index (κ1) is 22.0. The van der Waals surface area contributed by atoms with Crippen LogP contribution in [0.2, 0.25) is 0 Å². The lowest BCUT2D eigenvalue weighted by Gasteiger charge is -2.30. The lowest BCUT2D eigenvalue weighted by Crippen LogP contribution is -2.42. The molecule has 0 radical (unpaired) electrons. The van der Waals surface area contributed by atoms with Crippen molar-refractivity contribution in [1.82, 2.24) is 9.88 Å². The number of thiazole rings is 1. The molecule has 1 aromatic heterocycles. The van der Waals surface area contributed by atoms with Gasteiger partial charge in [-0.1, -0.05) is 24.3 Å². The van der Waals surface area contributed by atoms with Crippen molar-refractivity contribution >= 4 is 34.5 Å². The molecule has 2 amide bonds. The van der Waals surface area contributed by atoms with E-state index in [-0.39, 0.29) is 18.4 Å². The molecule has 2 heterocycles. The van der Waals surface area contributed by atoms with Crippen molar-refractivity contribution in [2.45, 2.75) is 25.9 Å². The molecule has 0 spiro atoms. The first-order valence-corrected chi connectivity index (χ1v) is 11.5. The number of nitrogens with one attached hydrogen (secondary N) is 2. The number of aryl methyl sites for hydroxylation is 1. The molecule has 0 aliphatic carbocycles. The molecule has 7 nitrogen and oxygen atoms in total. The first-order valence-electron chi connectivity index (χ1n) is 10.6. The van der Waals surface area contributed by atoms with Gasteiger partial charge in [0.1, 0.15) is 0 Å². The normalized spacial score (nSPS) is 15.9. The smallest absolute Gasteiger partial charge is 0.256 e. The monoisotopic (exact) mass is 450 g/mol. The fourth-order valence-electron chi connectivity index (χ4n) is 3.77. The summed E-state index contributed by atoms with van der Waals surface area (Å²) in [5, 5.41) is 18.8. The van der Waals surface area contributed by atoms with Crippen molar-refractivity contribution in [3.05, 3.63) is 64.5 Å². The summed E-state index contributed by atoms with van der Waals surface area (Å²) in [5.74, 6) is -0.356. The predicted molar refractivity (Wildman–Crippen MR) is 127 cm³/mol. The van der Waals surface area contributed by atoms with Gasteiger partial charge >= 0.3 is 0 Å². The number of aromatic nitrogens is 1.